The average Bonchev–Trinajstić information content (AvgIpc) is 2.58. The Labute approximate surface area is 147 Å². The molecule has 0 spiro atoms. The van der Waals surface area contributed by atoms with Crippen LogP contribution in [0.5, 0.6) is 0 Å². The van der Waals surface area contributed by atoms with E-state index in [1.807, 2.05) is 6.08 Å². The molecule has 0 radical (unpaired) electrons. The van der Waals surface area contributed by atoms with Crippen molar-refractivity contribution in [1.29, 1.82) is 0 Å². The van der Waals surface area contributed by atoms with Crippen LogP contribution in [0.25, 0.3) is 0 Å². The lowest BCUT2D eigenvalue weighted by Crippen LogP contribution is -2.38. The van der Waals surface area contributed by atoms with Crippen molar-refractivity contribution in [1.82, 2.24) is 9.80 Å². The van der Waals surface area contributed by atoms with Gasteiger partial charge in [0.1, 0.15) is 0 Å². The Morgan fingerprint density at radius 2 is 1.42 bits per heavy atom. The Bertz CT molecular complexity index is 326. The highest BCUT2D eigenvalue weighted by Gasteiger charge is 2.11. The van der Waals surface area contributed by atoms with Gasteiger partial charge in [0.05, 0.1) is 12.2 Å². The Kier molecular flexibility index (Phi) is 15.3. The molecule has 6 nitrogen and oxygen atoms in total. The third kappa shape index (κ3) is 12.6. The number of nitrogens with two attached hydrogens (primary N) is 2. The van der Waals surface area contributed by atoms with Gasteiger partial charge in [-0.2, -0.15) is 0 Å². The highest BCUT2D eigenvalue weighted by molar-refractivity contribution is 4.84. The van der Waals surface area contributed by atoms with E-state index in [1.165, 1.54) is 0 Å². The van der Waals surface area contributed by atoms with Crippen LogP contribution < -0.4 is 11.5 Å². The molecule has 0 fully saturated rings. The molecule has 142 valence electrons. The van der Waals surface area contributed by atoms with Crippen LogP contribution in [0, 0.1) is 0 Å². The average molecular weight is 343 g/mol. The van der Waals surface area contributed by atoms with Gasteiger partial charge in [0, 0.05) is 39.3 Å². The van der Waals surface area contributed by atoms with Crippen molar-refractivity contribution in [3.8, 4) is 0 Å². The van der Waals surface area contributed by atoms with E-state index in [0.29, 0.717) is 13.1 Å². The predicted octanol–water partition coefficient (Wildman–Crippen LogP) is 0.162. The molecule has 2 atom stereocenters. The summed E-state index contributed by atoms with van der Waals surface area (Å²) >= 11 is 0. The van der Waals surface area contributed by atoms with Gasteiger partial charge in [-0.3, -0.25) is 9.80 Å². The van der Waals surface area contributed by atoms with Gasteiger partial charge < -0.3 is 21.7 Å². The number of unbranched alkanes of at least 4 members (excludes halogenated alkanes) is 1. The molecule has 0 saturated heterocycles. The minimum absolute atomic E-state index is 0.280. The largest absolute Gasteiger partial charge is 0.390 e. The Morgan fingerprint density at radius 3 is 1.83 bits per heavy atom. The molecular formula is C18H38N4O2. The van der Waals surface area contributed by atoms with Gasteiger partial charge >= 0.3 is 0 Å². The number of rotatable bonds is 16. The van der Waals surface area contributed by atoms with Crippen molar-refractivity contribution in [3.63, 3.8) is 0 Å². The van der Waals surface area contributed by atoms with E-state index < -0.39 is 12.2 Å². The van der Waals surface area contributed by atoms with Gasteiger partial charge in [0.15, 0.2) is 0 Å². The molecule has 0 aliphatic carbocycles. The number of allylic oxidation sites excluding steroid dienone is 1. The molecule has 0 aliphatic rings. The van der Waals surface area contributed by atoms with E-state index in [2.05, 4.69) is 35.5 Å². The van der Waals surface area contributed by atoms with Crippen LogP contribution in [0.4, 0.5) is 0 Å². The van der Waals surface area contributed by atoms with Crippen LogP contribution in [0.3, 0.4) is 0 Å². The van der Waals surface area contributed by atoms with Crippen molar-refractivity contribution < 1.29 is 10.2 Å². The molecular weight excluding hydrogens is 304 g/mol. The zero-order valence-electron chi connectivity index (χ0n) is 15.3. The molecule has 6 heteroatoms. The normalized spacial score (nSPS) is 14.6. The second kappa shape index (κ2) is 15.7. The number of nitrogens with zero attached hydrogens (tertiary/aromatic N) is 2. The van der Waals surface area contributed by atoms with E-state index in [4.69, 9.17) is 11.5 Å². The number of aliphatic hydroxyl groups is 2. The van der Waals surface area contributed by atoms with E-state index in [9.17, 15) is 10.2 Å². The molecule has 0 bridgehead atoms. The second-order valence-corrected chi connectivity index (χ2v) is 6.17. The van der Waals surface area contributed by atoms with Crippen LogP contribution in [-0.2, 0) is 0 Å². The SMILES string of the molecule is C=CCN(CCCCN(CC=CCC)CC(O)CN)CC(O)CN. The maximum atomic E-state index is 9.78. The van der Waals surface area contributed by atoms with Crippen LogP contribution in [0.2, 0.25) is 0 Å². The standard InChI is InChI=1S/C18H38N4O2/c1-3-5-6-10-22(16-18(24)14-20)12-8-7-11-21(9-4-2)15-17(23)13-19/h4-6,17-18,23-24H,2-3,7-16,19-20H2,1H3. The van der Waals surface area contributed by atoms with Gasteiger partial charge in [-0.15, -0.1) is 6.58 Å². The van der Waals surface area contributed by atoms with Crippen LogP contribution in [0.15, 0.2) is 24.8 Å². The zero-order chi connectivity index (χ0) is 18.2. The third-order valence-corrected chi connectivity index (χ3v) is 3.83. The Morgan fingerprint density at radius 1 is 0.917 bits per heavy atom. The van der Waals surface area contributed by atoms with Crippen LogP contribution >= 0.6 is 0 Å². The summed E-state index contributed by atoms with van der Waals surface area (Å²) in [5.74, 6) is 0. The molecule has 0 heterocycles. The van der Waals surface area contributed by atoms with Gasteiger partial charge in [0.2, 0.25) is 0 Å². The fraction of sp³-hybridized carbons (Fsp3) is 0.778. The molecule has 0 amide bonds. The third-order valence-electron chi connectivity index (χ3n) is 3.83. The molecule has 6 N–H and O–H groups in total. The van der Waals surface area contributed by atoms with Crippen molar-refractivity contribution in [2.45, 2.75) is 38.4 Å². The first-order valence-corrected chi connectivity index (χ1v) is 9.04. The number of aliphatic hydroxyl groups excluding tert-OH is 2. The molecule has 0 rings (SSSR count). The highest BCUT2D eigenvalue weighted by atomic mass is 16.3. The zero-order valence-corrected chi connectivity index (χ0v) is 15.3. The molecule has 2 unspecified atom stereocenters. The van der Waals surface area contributed by atoms with Crippen molar-refractivity contribution in [3.05, 3.63) is 24.8 Å². The minimum Gasteiger partial charge on any atom is -0.390 e. The summed E-state index contributed by atoms with van der Waals surface area (Å²) in [4.78, 5) is 4.40. The van der Waals surface area contributed by atoms with Crippen LogP contribution in [-0.4, -0.2) is 84.6 Å². The molecule has 24 heavy (non-hydrogen) atoms. The summed E-state index contributed by atoms with van der Waals surface area (Å²) in [5, 5.41) is 19.5. The summed E-state index contributed by atoms with van der Waals surface area (Å²) in [5.41, 5.74) is 11.0. The predicted molar refractivity (Wildman–Crippen MR) is 102 cm³/mol. The first-order chi connectivity index (χ1) is 11.6. The van der Waals surface area contributed by atoms with Crippen LogP contribution in [0.1, 0.15) is 26.2 Å². The maximum absolute atomic E-state index is 9.78. The molecule has 0 aliphatic heterocycles. The fourth-order valence-electron chi connectivity index (χ4n) is 2.50. The summed E-state index contributed by atoms with van der Waals surface area (Å²) in [6, 6.07) is 0. The van der Waals surface area contributed by atoms with Crippen molar-refractivity contribution >= 4 is 0 Å². The maximum Gasteiger partial charge on any atom is 0.0789 e. The summed E-state index contributed by atoms with van der Waals surface area (Å²) in [6.45, 7) is 11.1. The summed E-state index contributed by atoms with van der Waals surface area (Å²) in [6.07, 6.45) is 8.25. The molecule has 0 aromatic heterocycles. The van der Waals surface area contributed by atoms with E-state index in [1.54, 1.807) is 0 Å². The first-order valence-electron chi connectivity index (χ1n) is 9.04. The van der Waals surface area contributed by atoms with Crippen molar-refractivity contribution in [2.75, 3.05) is 52.4 Å². The Balaban J connectivity index is 4.21. The van der Waals surface area contributed by atoms with Gasteiger partial charge in [0.25, 0.3) is 0 Å². The van der Waals surface area contributed by atoms with E-state index in [0.717, 1.165) is 45.4 Å². The lowest BCUT2D eigenvalue weighted by molar-refractivity contribution is 0.116. The van der Waals surface area contributed by atoms with Gasteiger partial charge in [-0.1, -0.05) is 25.2 Å². The topological polar surface area (TPSA) is 99.0 Å². The minimum atomic E-state index is -0.486. The van der Waals surface area contributed by atoms with Crippen molar-refractivity contribution in [2.24, 2.45) is 11.5 Å². The molecule has 0 aromatic carbocycles. The van der Waals surface area contributed by atoms with Gasteiger partial charge in [-0.05, 0) is 32.4 Å². The van der Waals surface area contributed by atoms with E-state index >= 15 is 0 Å². The Hall–Kier alpha value is -0.760. The number of hydrogen-bond donors (Lipinski definition) is 4. The quantitative estimate of drug-likeness (QED) is 0.236. The smallest absolute Gasteiger partial charge is 0.0789 e. The monoisotopic (exact) mass is 342 g/mol. The molecule has 0 aromatic rings. The molecule has 0 saturated carbocycles. The summed E-state index contributed by atoms with van der Waals surface area (Å²) in [7, 11) is 0. The lowest BCUT2D eigenvalue weighted by atomic mass is 10.2. The number of hydrogen-bond acceptors (Lipinski definition) is 6. The van der Waals surface area contributed by atoms with E-state index in [-0.39, 0.29) is 13.1 Å². The highest BCUT2D eigenvalue weighted by Crippen LogP contribution is 2.02. The first kappa shape index (κ1) is 23.2. The second-order valence-electron chi connectivity index (χ2n) is 6.17. The lowest BCUT2D eigenvalue weighted by Gasteiger charge is -2.25. The summed E-state index contributed by atoms with van der Waals surface area (Å²) < 4.78 is 0. The van der Waals surface area contributed by atoms with Gasteiger partial charge in [-0.25, -0.2) is 0 Å². The fourth-order valence-corrected chi connectivity index (χ4v) is 2.50.